The fraction of sp³-hybridized carbons (Fsp3) is 0.438. The SMILES string of the molecule is CC(=O)c1ccc2ccn(C3CCN(C)CC3)c2c1. The molecule has 100 valence electrons. The third kappa shape index (κ3) is 2.30. The Morgan fingerprint density at radius 2 is 1.95 bits per heavy atom. The van der Waals surface area contributed by atoms with E-state index in [0.717, 1.165) is 18.7 Å². The lowest BCUT2D eigenvalue weighted by molar-refractivity contribution is 0.101. The number of nitrogens with zero attached hydrogens (tertiary/aromatic N) is 2. The number of aromatic nitrogens is 1. The predicted molar refractivity (Wildman–Crippen MR) is 77.7 cm³/mol. The van der Waals surface area contributed by atoms with Crippen molar-refractivity contribution < 1.29 is 4.79 Å². The molecular weight excluding hydrogens is 236 g/mol. The van der Waals surface area contributed by atoms with Gasteiger partial charge in [0.2, 0.25) is 0 Å². The van der Waals surface area contributed by atoms with Crippen LogP contribution in [-0.2, 0) is 0 Å². The lowest BCUT2D eigenvalue weighted by Gasteiger charge is -2.30. The van der Waals surface area contributed by atoms with Crippen molar-refractivity contribution >= 4 is 16.7 Å². The molecular formula is C16H20N2O. The third-order valence-corrected chi connectivity index (χ3v) is 4.21. The fourth-order valence-electron chi connectivity index (χ4n) is 2.96. The molecule has 1 aromatic heterocycles. The molecule has 0 atom stereocenters. The molecule has 0 radical (unpaired) electrons. The fourth-order valence-corrected chi connectivity index (χ4v) is 2.96. The van der Waals surface area contributed by atoms with Crippen LogP contribution in [0.15, 0.2) is 30.5 Å². The summed E-state index contributed by atoms with van der Waals surface area (Å²) >= 11 is 0. The van der Waals surface area contributed by atoms with Crippen LogP contribution in [0.5, 0.6) is 0 Å². The van der Waals surface area contributed by atoms with Gasteiger partial charge in [0.1, 0.15) is 0 Å². The van der Waals surface area contributed by atoms with Crippen LogP contribution in [0.4, 0.5) is 0 Å². The summed E-state index contributed by atoms with van der Waals surface area (Å²) < 4.78 is 2.36. The van der Waals surface area contributed by atoms with Crippen LogP contribution in [0.25, 0.3) is 10.9 Å². The van der Waals surface area contributed by atoms with E-state index in [1.807, 2.05) is 12.1 Å². The van der Waals surface area contributed by atoms with E-state index in [4.69, 9.17) is 0 Å². The molecule has 1 aliphatic rings. The number of ketones is 1. The molecule has 3 nitrogen and oxygen atoms in total. The van der Waals surface area contributed by atoms with E-state index in [2.05, 4.69) is 34.8 Å². The van der Waals surface area contributed by atoms with E-state index < -0.39 is 0 Å². The zero-order valence-electron chi connectivity index (χ0n) is 11.6. The summed E-state index contributed by atoms with van der Waals surface area (Å²) in [6.07, 6.45) is 4.54. The van der Waals surface area contributed by atoms with Gasteiger partial charge in [-0.05, 0) is 57.4 Å². The summed E-state index contributed by atoms with van der Waals surface area (Å²) in [4.78, 5) is 13.9. The first-order chi connectivity index (χ1) is 9.15. The molecule has 1 fully saturated rings. The van der Waals surface area contributed by atoms with Crippen LogP contribution in [0.2, 0.25) is 0 Å². The largest absolute Gasteiger partial charge is 0.344 e. The van der Waals surface area contributed by atoms with Crippen molar-refractivity contribution in [1.82, 2.24) is 9.47 Å². The zero-order valence-corrected chi connectivity index (χ0v) is 11.6. The van der Waals surface area contributed by atoms with Crippen LogP contribution in [0.3, 0.4) is 0 Å². The highest BCUT2D eigenvalue weighted by molar-refractivity contribution is 5.97. The van der Waals surface area contributed by atoms with E-state index in [0.29, 0.717) is 6.04 Å². The molecule has 0 aliphatic carbocycles. The maximum absolute atomic E-state index is 11.5. The van der Waals surface area contributed by atoms with E-state index in [-0.39, 0.29) is 5.78 Å². The number of piperidine rings is 1. The van der Waals surface area contributed by atoms with E-state index in [1.165, 1.54) is 23.7 Å². The number of hydrogen-bond acceptors (Lipinski definition) is 2. The summed E-state index contributed by atoms with van der Waals surface area (Å²) in [6.45, 7) is 3.93. The maximum atomic E-state index is 11.5. The number of likely N-dealkylation sites (tertiary alicyclic amines) is 1. The second-order valence-corrected chi connectivity index (χ2v) is 5.59. The molecule has 19 heavy (non-hydrogen) atoms. The zero-order chi connectivity index (χ0) is 13.4. The molecule has 1 saturated heterocycles. The van der Waals surface area contributed by atoms with Crippen LogP contribution < -0.4 is 0 Å². The summed E-state index contributed by atoms with van der Waals surface area (Å²) in [5.41, 5.74) is 2.00. The van der Waals surface area contributed by atoms with E-state index in [1.54, 1.807) is 6.92 Å². The van der Waals surface area contributed by atoms with Crippen molar-refractivity contribution in [3.63, 3.8) is 0 Å². The van der Waals surface area contributed by atoms with E-state index in [9.17, 15) is 4.79 Å². The third-order valence-electron chi connectivity index (χ3n) is 4.21. The number of carbonyl (C=O) groups excluding carboxylic acids is 1. The van der Waals surface area contributed by atoms with Gasteiger partial charge in [-0.15, -0.1) is 0 Å². The molecule has 0 unspecified atom stereocenters. The van der Waals surface area contributed by atoms with Gasteiger partial charge >= 0.3 is 0 Å². The molecule has 0 bridgehead atoms. The van der Waals surface area contributed by atoms with E-state index >= 15 is 0 Å². The highest BCUT2D eigenvalue weighted by Crippen LogP contribution is 2.28. The number of fused-ring (bicyclic) bond motifs is 1. The minimum Gasteiger partial charge on any atom is -0.344 e. The molecule has 3 rings (SSSR count). The Balaban J connectivity index is 1.99. The first-order valence-electron chi connectivity index (χ1n) is 6.95. The Hall–Kier alpha value is -1.61. The highest BCUT2D eigenvalue weighted by Gasteiger charge is 2.19. The monoisotopic (exact) mass is 256 g/mol. The second kappa shape index (κ2) is 4.82. The summed E-state index contributed by atoms with van der Waals surface area (Å²) in [6, 6.07) is 8.73. The van der Waals surface area contributed by atoms with Gasteiger partial charge in [-0.1, -0.05) is 12.1 Å². The number of benzene rings is 1. The average Bonchev–Trinajstić information content (AvgIpc) is 2.82. The summed E-state index contributed by atoms with van der Waals surface area (Å²) in [7, 11) is 2.18. The summed E-state index contributed by atoms with van der Waals surface area (Å²) in [5.74, 6) is 0.137. The Bertz CT molecular complexity index is 606. The Morgan fingerprint density at radius 1 is 1.21 bits per heavy atom. The second-order valence-electron chi connectivity index (χ2n) is 5.59. The first kappa shape index (κ1) is 12.4. The molecule has 2 heterocycles. The van der Waals surface area contributed by atoms with Crippen molar-refractivity contribution in [2.75, 3.05) is 20.1 Å². The minimum atomic E-state index is 0.137. The molecule has 1 aliphatic heterocycles. The van der Waals surface area contributed by atoms with Gasteiger partial charge in [0, 0.05) is 23.3 Å². The molecule has 0 amide bonds. The average molecular weight is 256 g/mol. The predicted octanol–water partition coefficient (Wildman–Crippen LogP) is 3.11. The molecule has 1 aromatic carbocycles. The van der Waals surface area contributed by atoms with Crippen molar-refractivity contribution in [2.24, 2.45) is 0 Å². The van der Waals surface area contributed by atoms with Gasteiger partial charge in [-0.2, -0.15) is 0 Å². The molecule has 3 heteroatoms. The van der Waals surface area contributed by atoms with Crippen LogP contribution in [-0.4, -0.2) is 35.4 Å². The maximum Gasteiger partial charge on any atom is 0.159 e. The van der Waals surface area contributed by atoms with Gasteiger partial charge in [0.05, 0.1) is 0 Å². The van der Waals surface area contributed by atoms with Crippen molar-refractivity contribution in [3.05, 3.63) is 36.0 Å². The number of hydrogen-bond donors (Lipinski definition) is 0. The number of rotatable bonds is 2. The lowest BCUT2D eigenvalue weighted by atomic mass is 10.0. The smallest absolute Gasteiger partial charge is 0.159 e. The highest BCUT2D eigenvalue weighted by atomic mass is 16.1. The van der Waals surface area contributed by atoms with Gasteiger partial charge in [0.15, 0.2) is 5.78 Å². The van der Waals surface area contributed by atoms with Crippen LogP contribution >= 0.6 is 0 Å². The minimum absolute atomic E-state index is 0.137. The lowest BCUT2D eigenvalue weighted by Crippen LogP contribution is -2.31. The van der Waals surface area contributed by atoms with Gasteiger partial charge in [-0.3, -0.25) is 4.79 Å². The number of carbonyl (C=O) groups is 1. The normalized spacial score (nSPS) is 18.0. The van der Waals surface area contributed by atoms with Gasteiger partial charge < -0.3 is 9.47 Å². The van der Waals surface area contributed by atoms with Crippen molar-refractivity contribution in [2.45, 2.75) is 25.8 Å². The standard InChI is InChI=1S/C16H20N2O/c1-12(19)14-4-3-13-5-10-18(16(13)11-14)15-6-8-17(2)9-7-15/h3-5,10-11,15H,6-9H2,1-2H3. The van der Waals surface area contributed by atoms with Gasteiger partial charge in [0.25, 0.3) is 0 Å². The molecule has 0 spiro atoms. The summed E-state index contributed by atoms with van der Waals surface area (Å²) in [5, 5.41) is 1.23. The van der Waals surface area contributed by atoms with Crippen LogP contribution in [0.1, 0.15) is 36.2 Å². The topological polar surface area (TPSA) is 25.2 Å². The molecule has 0 saturated carbocycles. The molecule has 2 aromatic rings. The van der Waals surface area contributed by atoms with Crippen molar-refractivity contribution in [1.29, 1.82) is 0 Å². The Kier molecular flexibility index (Phi) is 3.15. The van der Waals surface area contributed by atoms with Crippen molar-refractivity contribution in [3.8, 4) is 0 Å². The van der Waals surface area contributed by atoms with Gasteiger partial charge in [-0.25, -0.2) is 0 Å². The Labute approximate surface area is 113 Å². The quantitative estimate of drug-likeness (QED) is 0.771. The first-order valence-corrected chi connectivity index (χ1v) is 6.95. The number of Topliss-reactive ketones (excluding diaryl/α,β-unsaturated/α-hetero) is 1. The Morgan fingerprint density at radius 3 is 2.63 bits per heavy atom. The molecule has 0 N–H and O–H groups in total. The van der Waals surface area contributed by atoms with Crippen LogP contribution in [0, 0.1) is 0 Å².